The number of rotatable bonds is 5. The van der Waals surface area contributed by atoms with Gasteiger partial charge >= 0.3 is 5.97 Å². The molecule has 0 aromatic heterocycles. The van der Waals surface area contributed by atoms with Crippen LogP contribution >= 0.6 is 11.8 Å². The van der Waals surface area contributed by atoms with Gasteiger partial charge in [0.2, 0.25) is 0 Å². The summed E-state index contributed by atoms with van der Waals surface area (Å²) in [4.78, 5) is 13.1. The Morgan fingerprint density at radius 2 is 1.89 bits per heavy atom. The smallest absolute Gasteiger partial charge is 0.313 e. The largest absolute Gasteiger partial charge is 0.469 e. The summed E-state index contributed by atoms with van der Waals surface area (Å²) in [5.41, 5.74) is 0.482. The van der Waals surface area contributed by atoms with E-state index in [-0.39, 0.29) is 12.0 Å². The number of carbonyl (C=O) groups is 1. The van der Waals surface area contributed by atoms with E-state index in [1.54, 1.807) is 11.8 Å². The lowest BCUT2D eigenvalue weighted by Gasteiger charge is -2.31. The van der Waals surface area contributed by atoms with Gasteiger partial charge in [-0.15, -0.1) is 11.8 Å². The first-order chi connectivity index (χ1) is 8.47. The standard InChI is InChI=1S/C14H21NO2S/c1-14(2,13(16)17-4)12(15-3)10-6-8-11(18-5)9-7-10/h6-9,12,15H,1-5H3. The number of hydrogen-bond acceptors (Lipinski definition) is 4. The first kappa shape index (κ1) is 15.1. The Bertz CT molecular complexity index is 401. The van der Waals surface area contributed by atoms with Crippen LogP contribution in [0.4, 0.5) is 0 Å². The van der Waals surface area contributed by atoms with Gasteiger partial charge in [0.05, 0.1) is 12.5 Å². The van der Waals surface area contributed by atoms with Crippen LogP contribution in [0.15, 0.2) is 29.2 Å². The molecule has 1 unspecified atom stereocenters. The number of esters is 1. The lowest BCUT2D eigenvalue weighted by Crippen LogP contribution is -2.39. The Balaban J connectivity index is 3.04. The van der Waals surface area contributed by atoms with Crippen LogP contribution in [0.3, 0.4) is 0 Å². The predicted octanol–water partition coefficient (Wildman–Crippen LogP) is 2.87. The molecule has 0 fully saturated rings. The minimum Gasteiger partial charge on any atom is -0.469 e. The van der Waals surface area contributed by atoms with Crippen molar-refractivity contribution < 1.29 is 9.53 Å². The van der Waals surface area contributed by atoms with E-state index in [4.69, 9.17) is 4.74 Å². The second-order valence-corrected chi connectivity index (χ2v) is 5.59. The molecule has 0 saturated carbocycles. The van der Waals surface area contributed by atoms with Gasteiger partial charge in [-0.25, -0.2) is 0 Å². The summed E-state index contributed by atoms with van der Waals surface area (Å²) in [7, 11) is 3.28. The molecule has 0 saturated heterocycles. The number of hydrogen-bond donors (Lipinski definition) is 1. The molecule has 100 valence electrons. The summed E-state index contributed by atoms with van der Waals surface area (Å²) >= 11 is 1.70. The third kappa shape index (κ3) is 3.06. The third-order valence-corrected chi connectivity index (χ3v) is 3.91. The van der Waals surface area contributed by atoms with Crippen molar-refractivity contribution in [3.8, 4) is 0 Å². The molecule has 0 spiro atoms. The summed E-state index contributed by atoms with van der Waals surface area (Å²) in [6, 6.07) is 8.17. The van der Waals surface area contributed by atoms with Crippen LogP contribution in [-0.2, 0) is 9.53 Å². The number of nitrogens with one attached hydrogen (secondary N) is 1. The average Bonchev–Trinajstić information content (AvgIpc) is 2.39. The maximum absolute atomic E-state index is 11.9. The Morgan fingerprint density at radius 3 is 2.28 bits per heavy atom. The zero-order chi connectivity index (χ0) is 13.8. The molecule has 0 radical (unpaired) electrons. The summed E-state index contributed by atoms with van der Waals surface area (Å²) in [5, 5.41) is 3.20. The summed E-state index contributed by atoms with van der Waals surface area (Å²) in [6.45, 7) is 3.78. The van der Waals surface area contributed by atoms with Crippen LogP contribution in [0.1, 0.15) is 25.5 Å². The average molecular weight is 267 g/mol. The van der Waals surface area contributed by atoms with Gasteiger partial charge in [0, 0.05) is 10.9 Å². The van der Waals surface area contributed by atoms with Gasteiger partial charge in [-0.1, -0.05) is 12.1 Å². The molecule has 0 aliphatic carbocycles. The molecule has 0 aliphatic heterocycles. The Kier molecular flexibility index (Phi) is 5.23. The minimum atomic E-state index is -0.607. The van der Waals surface area contributed by atoms with Crippen molar-refractivity contribution in [2.45, 2.75) is 24.8 Å². The highest BCUT2D eigenvalue weighted by atomic mass is 32.2. The first-order valence-corrected chi connectivity index (χ1v) is 7.09. The Hall–Kier alpha value is -1.00. The van der Waals surface area contributed by atoms with E-state index >= 15 is 0 Å². The normalized spacial score (nSPS) is 13.2. The molecule has 1 aromatic rings. The second kappa shape index (κ2) is 6.25. The van der Waals surface area contributed by atoms with Crippen molar-refractivity contribution in [2.24, 2.45) is 5.41 Å². The van der Waals surface area contributed by atoms with Crippen molar-refractivity contribution in [1.29, 1.82) is 0 Å². The Morgan fingerprint density at radius 1 is 1.33 bits per heavy atom. The number of ether oxygens (including phenoxy) is 1. The zero-order valence-electron chi connectivity index (χ0n) is 11.6. The maximum atomic E-state index is 11.9. The van der Waals surface area contributed by atoms with Crippen molar-refractivity contribution >= 4 is 17.7 Å². The second-order valence-electron chi connectivity index (χ2n) is 4.71. The highest BCUT2D eigenvalue weighted by Crippen LogP contribution is 2.34. The molecule has 0 aliphatic rings. The van der Waals surface area contributed by atoms with Crippen LogP contribution in [0, 0.1) is 5.41 Å². The van der Waals surface area contributed by atoms with Crippen molar-refractivity contribution in [3.05, 3.63) is 29.8 Å². The van der Waals surface area contributed by atoms with E-state index in [0.29, 0.717) is 0 Å². The van der Waals surface area contributed by atoms with Crippen molar-refractivity contribution in [1.82, 2.24) is 5.32 Å². The van der Waals surface area contributed by atoms with Crippen LogP contribution < -0.4 is 5.32 Å². The highest BCUT2D eigenvalue weighted by Gasteiger charge is 2.37. The lowest BCUT2D eigenvalue weighted by molar-refractivity contribution is -0.152. The van der Waals surface area contributed by atoms with Gasteiger partial charge in [-0.2, -0.15) is 0 Å². The number of benzene rings is 1. The molecular weight excluding hydrogens is 246 g/mol. The number of methoxy groups -OCH3 is 1. The van der Waals surface area contributed by atoms with Gasteiger partial charge < -0.3 is 10.1 Å². The summed E-state index contributed by atoms with van der Waals surface area (Å²) in [6.07, 6.45) is 2.04. The van der Waals surface area contributed by atoms with Gasteiger partial charge in [0.25, 0.3) is 0 Å². The van der Waals surface area contributed by atoms with Crippen molar-refractivity contribution in [2.75, 3.05) is 20.4 Å². The van der Waals surface area contributed by atoms with E-state index in [1.165, 1.54) is 12.0 Å². The van der Waals surface area contributed by atoms with Crippen LogP contribution in [-0.4, -0.2) is 26.4 Å². The summed E-state index contributed by atoms with van der Waals surface area (Å²) < 4.78 is 4.88. The molecule has 0 bridgehead atoms. The topological polar surface area (TPSA) is 38.3 Å². The van der Waals surface area contributed by atoms with Crippen molar-refractivity contribution in [3.63, 3.8) is 0 Å². The lowest BCUT2D eigenvalue weighted by atomic mass is 9.80. The van der Waals surface area contributed by atoms with E-state index in [1.807, 2.05) is 27.2 Å². The molecule has 1 N–H and O–H groups in total. The van der Waals surface area contributed by atoms with E-state index in [0.717, 1.165) is 5.56 Å². The molecule has 1 rings (SSSR count). The van der Waals surface area contributed by atoms with E-state index < -0.39 is 5.41 Å². The quantitative estimate of drug-likeness (QED) is 0.657. The number of thioether (sulfide) groups is 1. The Labute approximate surface area is 113 Å². The minimum absolute atomic E-state index is 0.0687. The molecule has 3 nitrogen and oxygen atoms in total. The molecule has 0 heterocycles. The maximum Gasteiger partial charge on any atom is 0.313 e. The van der Waals surface area contributed by atoms with Crippen LogP contribution in [0.5, 0.6) is 0 Å². The molecular formula is C14H21NO2S. The van der Waals surface area contributed by atoms with Gasteiger partial charge in [-0.05, 0) is 44.8 Å². The SMILES string of the molecule is CNC(c1ccc(SC)cc1)C(C)(C)C(=O)OC. The molecule has 0 amide bonds. The predicted molar refractivity (Wildman–Crippen MR) is 75.8 cm³/mol. The van der Waals surface area contributed by atoms with E-state index in [9.17, 15) is 4.79 Å². The fraction of sp³-hybridized carbons (Fsp3) is 0.500. The molecule has 1 atom stereocenters. The third-order valence-electron chi connectivity index (χ3n) is 3.17. The first-order valence-electron chi connectivity index (χ1n) is 5.87. The van der Waals surface area contributed by atoms with Gasteiger partial charge in [0.1, 0.15) is 0 Å². The van der Waals surface area contributed by atoms with Crippen LogP contribution in [0.2, 0.25) is 0 Å². The monoisotopic (exact) mass is 267 g/mol. The molecule has 18 heavy (non-hydrogen) atoms. The van der Waals surface area contributed by atoms with Gasteiger partial charge in [0.15, 0.2) is 0 Å². The van der Waals surface area contributed by atoms with Gasteiger partial charge in [-0.3, -0.25) is 4.79 Å². The molecule has 4 heteroatoms. The van der Waals surface area contributed by atoms with Crippen LogP contribution in [0.25, 0.3) is 0 Å². The van der Waals surface area contributed by atoms with E-state index in [2.05, 4.69) is 29.6 Å². The fourth-order valence-electron chi connectivity index (χ4n) is 2.12. The fourth-order valence-corrected chi connectivity index (χ4v) is 2.53. The highest BCUT2D eigenvalue weighted by molar-refractivity contribution is 7.98. The summed E-state index contributed by atoms with van der Waals surface area (Å²) in [5.74, 6) is -0.212. The zero-order valence-corrected chi connectivity index (χ0v) is 12.4. The molecule has 1 aromatic carbocycles. The number of carbonyl (C=O) groups excluding carboxylic acids is 1.